The summed E-state index contributed by atoms with van der Waals surface area (Å²) >= 11 is 0. The molecule has 25 heavy (non-hydrogen) atoms. The van der Waals surface area contributed by atoms with Gasteiger partial charge in [-0.1, -0.05) is 12.1 Å². The van der Waals surface area contributed by atoms with Crippen LogP contribution in [0.4, 0.5) is 0 Å². The minimum atomic E-state index is -0.483. The van der Waals surface area contributed by atoms with Gasteiger partial charge in [0.05, 0.1) is 17.2 Å². The van der Waals surface area contributed by atoms with Crippen molar-refractivity contribution in [2.75, 3.05) is 26.2 Å². The van der Waals surface area contributed by atoms with Crippen molar-refractivity contribution in [2.24, 2.45) is 0 Å². The molecule has 1 amide bonds. The quantitative estimate of drug-likeness (QED) is 0.848. The molecule has 2 spiro atoms. The minimum Gasteiger partial charge on any atom is -0.357 e. The Morgan fingerprint density at radius 1 is 1.16 bits per heavy atom. The number of hydrogen-bond acceptors (Lipinski definition) is 4. The first-order valence-corrected chi connectivity index (χ1v) is 9.29. The number of rotatable bonds is 3. The van der Waals surface area contributed by atoms with Gasteiger partial charge in [0, 0.05) is 32.7 Å². The highest BCUT2D eigenvalue weighted by molar-refractivity contribution is 5.89. The van der Waals surface area contributed by atoms with Crippen LogP contribution in [0.2, 0.25) is 0 Å². The molecule has 3 aliphatic rings. The van der Waals surface area contributed by atoms with E-state index in [-0.39, 0.29) is 11.5 Å². The third kappa shape index (κ3) is 3.05. The molecule has 1 aromatic carbocycles. The summed E-state index contributed by atoms with van der Waals surface area (Å²) in [6.45, 7) is 6.47. The Morgan fingerprint density at radius 2 is 1.84 bits per heavy atom. The maximum Gasteiger partial charge on any atom is 0.254 e. The predicted molar refractivity (Wildman–Crippen MR) is 93.7 cm³/mol. The first-order valence-electron chi connectivity index (χ1n) is 9.29. The molecule has 0 unspecified atom stereocenters. The van der Waals surface area contributed by atoms with Gasteiger partial charge in [-0.15, -0.1) is 0 Å². The Hall–Kier alpha value is -1.90. The van der Waals surface area contributed by atoms with Gasteiger partial charge in [0.2, 0.25) is 0 Å². The number of carbonyl (C=O) groups is 1. The number of likely N-dealkylation sites (tertiary alicyclic amines) is 1. The molecule has 1 aliphatic carbocycles. The van der Waals surface area contributed by atoms with Gasteiger partial charge in [-0.3, -0.25) is 9.69 Å². The molecule has 5 nitrogen and oxygen atoms in total. The average Bonchev–Trinajstić information content (AvgIpc) is 3.41. The highest BCUT2D eigenvalue weighted by Crippen LogP contribution is 2.49. The van der Waals surface area contributed by atoms with Crippen LogP contribution in [0.3, 0.4) is 0 Å². The number of ether oxygens (including phenoxy) is 1. The largest absolute Gasteiger partial charge is 0.357 e. The number of benzene rings is 1. The zero-order chi connectivity index (χ0) is 17.5. The summed E-state index contributed by atoms with van der Waals surface area (Å²) in [5.41, 5.74) is 1.31. The van der Waals surface area contributed by atoms with Crippen LogP contribution in [0.25, 0.3) is 0 Å². The number of hydrogen-bond donors (Lipinski definition) is 0. The molecule has 0 atom stereocenters. The second kappa shape index (κ2) is 6.12. The molecule has 1 saturated carbocycles. The van der Waals surface area contributed by atoms with E-state index < -0.39 is 5.60 Å². The van der Waals surface area contributed by atoms with Gasteiger partial charge in [-0.25, -0.2) is 0 Å². The second-order valence-electron chi connectivity index (χ2n) is 7.68. The maximum absolute atomic E-state index is 12.5. The number of carbonyl (C=O) groups excluding carboxylic acids is 1. The summed E-state index contributed by atoms with van der Waals surface area (Å²) in [6, 6.07) is 10.0. The molecule has 1 aromatic rings. The van der Waals surface area contributed by atoms with Gasteiger partial charge < -0.3 is 9.64 Å². The monoisotopic (exact) mass is 339 g/mol. The van der Waals surface area contributed by atoms with Crippen LogP contribution in [0, 0.1) is 11.3 Å². The SMILES string of the molecule is CCN1CC2(CCN(Cc3ccc(C#N)cc3)CC2)OC2(CC2)C1=O. The summed E-state index contributed by atoms with van der Waals surface area (Å²) < 4.78 is 6.43. The lowest BCUT2D eigenvalue weighted by Gasteiger charge is -2.50. The Kier molecular flexibility index (Phi) is 4.05. The number of amides is 1. The molecular weight excluding hydrogens is 314 g/mol. The van der Waals surface area contributed by atoms with Gasteiger partial charge in [0.25, 0.3) is 5.91 Å². The van der Waals surface area contributed by atoms with Crippen LogP contribution in [0.1, 0.15) is 43.7 Å². The van der Waals surface area contributed by atoms with Crippen molar-refractivity contribution < 1.29 is 9.53 Å². The first-order chi connectivity index (χ1) is 12.1. The van der Waals surface area contributed by atoms with Crippen LogP contribution >= 0.6 is 0 Å². The van der Waals surface area contributed by atoms with Crippen molar-refractivity contribution >= 4 is 5.91 Å². The molecule has 132 valence electrons. The van der Waals surface area contributed by atoms with E-state index >= 15 is 0 Å². The summed E-state index contributed by atoms with van der Waals surface area (Å²) in [6.07, 6.45) is 3.74. The maximum atomic E-state index is 12.5. The number of nitrogens with zero attached hydrogens (tertiary/aromatic N) is 3. The summed E-state index contributed by atoms with van der Waals surface area (Å²) in [5, 5.41) is 8.90. The molecule has 0 bridgehead atoms. The van der Waals surface area contributed by atoms with E-state index in [0.717, 1.165) is 58.4 Å². The van der Waals surface area contributed by atoms with Crippen molar-refractivity contribution in [1.29, 1.82) is 5.26 Å². The molecule has 5 heteroatoms. The normalized spacial score (nSPS) is 24.5. The van der Waals surface area contributed by atoms with E-state index in [1.54, 1.807) is 0 Å². The molecule has 2 saturated heterocycles. The molecule has 0 aromatic heterocycles. The van der Waals surface area contributed by atoms with E-state index in [1.165, 1.54) is 5.56 Å². The molecule has 0 radical (unpaired) electrons. The summed E-state index contributed by atoms with van der Waals surface area (Å²) in [5.74, 6) is 0.209. The fourth-order valence-electron chi connectivity index (χ4n) is 4.20. The second-order valence-corrected chi connectivity index (χ2v) is 7.68. The summed E-state index contributed by atoms with van der Waals surface area (Å²) in [7, 11) is 0. The smallest absolute Gasteiger partial charge is 0.254 e. The van der Waals surface area contributed by atoms with Crippen molar-refractivity contribution in [3.05, 3.63) is 35.4 Å². The lowest BCUT2D eigenvalue weighted by molar-refractivity contribution is -0.200. The lowest BCUT2D eigenvalue weighted by Crippen LogP contribution is -2.62. The van der Waals surface area contributed by atoms with E-state index in [2.05, 4.69) is 17.9 Å². The first kappa shape index (κ1) is 16.6. The van der Waals surface area contributed by atoms with Gasteiger partial charge in [-0.2, -0.15) is 5.26 Å². The van der Waals surface area contributed by atoms with Crippen LogP contribution in [0.15, 0.2) is 24.3 Å². The van der Waals surface area contributed by atoms with Crippen LogP contribution in [-0.4, -0.2) is 53.1 Å². The van der Waals surface area contributed by atoms with Gasteiger partial charge in [-0.05, 0) is 50.3 Å². The Balaban J connectivity index is 1.39. The molecule has 2 heterocycles. The van der Waals surface area contributed by atoms with Crippen molar-refractivity contribution in [3.8, 4) is 6.07 Å². The van der Waals surface area contributed by atoms with Crippen LogP contribution < -0.4 is 0 Å². The van der Waals surface area contributed by atoms with Crippen LogP contribution in [0.5, 0.6) is 0 Å². The third-order valence-corrected chi connectivity index (χ3v) is 5.91. The standard InChI is InChI=1S/C20H25N3O2/c1-2-23-15-19(25-20(7-8-20)18(23)24)9-11-22(12-10-19)14-17-5-3-16(13-21)4-6-17/h3-6H,2,7-12,14-15H2,1H3. The minimum absolute atomic E-state index is 0.151. The number of likely N-dealkylation sites (N-methyl/N-ethyl adjacent to an activating group) is 1. The van der Waals surface area contributed by atoms with Crippen molar-refractivity contribution in [3.63, 3.8) is 0 Å². The number of morpholine rings is 1. The van der Waals surface area contributed by atoms with Gasteiger partial charge in [0.15, 0.2) is 0 Å². The lowest BCUT2D eigenvalue weighted by atomic mass is 9.87. The van der Waals surface area contributed by atoms with E-state index in [4.69, 9.17) is 10.00 Å². The Morgan fingerprint density at radius 3 is 2.40 bits per heavy atom. The average molecular weight is 339 g/mol. The van der Waals surface area contributed by atoms with Gasteiger partial charge in [0.1, 0.15) is 5.60 Å². The highest BCUT2D eigenvalue weighted by Gasteiger charge is 2.61. The van der Waals surface area contributed by atoms with Gasteiger partial charge >= 0.3 is 0 Å². The topological polar surface area (TPSA) is 56.6 Å². The Labute approximate surface area is 149 Å². The molecule has 2 aliphatic heterocycles. The molecule has 3 fully saturated rings. The fourth-order valence-corrected chi connectivity index (χ4v) is 4.20. The van der Waals surface area contributed by atoms with Crippen molar-refractivity contribution in [1.82, 2.24) is 9.80 Å². The van der Waals surface area contributed by atoms with E-state index in [9.17, 15) is 4.79 Å². The third-order valence-electron chi connectivity index (χ3n) is 5.91. The molecule has 0 N–H and O–H groups in total. The molecule has 4 rings (SSSR count). The fraction of sp³-hybridized carbons (Fsp3) is 0.600. The Bertz CT molecular complexity index is 695. The number of nitriles is 1. The van der Waals surface area contributed by atoms with E-state index in [1.807, 2.05) is 29.2 Å². The molecular formula is C20H25N3O2. The predicted octanol–water partition coefficient (Wildman–Crippen LogP) is 2.30. The van der Waals surface area contributed by atoms with E-state index in [0.29, 0.717) is 5.56 Å². The van der Waals surface area contributed by atoms with Crippen LogP contribution in [-0.2, 0) is 16.1 Å². The number of piperidine rings is 1. The zero-order valence-electron chi connectivity index (χ0n) is 14.8. The summed E-state index contributed by atoms with van der Waals surface area (Å²) in [4.78, 5) is 16.9. The zero-order valence-corrected chi connectivity index (χ0v) is 14.8. The highest BCUT2D eigenvalue weighted by atomic mass is 16.5. The van der Waals surface area contributed by atoms with Crippen molar-refractivity contribution in [2.45, 2.75) is 50.4 Å².